The van der Waals surface area contributed by atoms with Crippen molar-refractivity contribution in [1.29, 1.82) is 0 Å². The molecule has 0 heterocycles. The van der Waals surface area contributed by atoms with Gasteiger partial charge in [-0.15, -0.1) is 0 Å². The number of nitrogens with one attached hydrogen (secondary N) is 1. The summed E-state index contributed by atoms with van der Waals surface area (Å²) in [5.41, 5.74) is 2.31. The largest absolute Gasteiger partial charge is 0.493 e. The molecule has 0 aliphatic heterocycles. The van der Waals surface area contributed by atoms with E-state index in [1.54, 1.807) is 25.3 Å². The number of benzene rings is 4. The van der Waals surface area contributed by atoms with Crippen LogP contribution in [0.2, 0.25) is 0 Å². The van der Waals surface area contributed by atoms with Crippen LogP contribution in [0.15, 0.2) is 91.0 Å². The Balaban J connectivity index is 1.49. The molecule has 0 radical (unpaired) electrons. The number of hydrogen-bond donors (Lipinski definition) is 1. The average molecular weight is 383 g/mol. The lowest BCUT2D eigenvalue weighted by atomic mass is 10.1. The number of anilines is 1. The van der Waals surface area contributed by atoms with Gasteiger partial charge in [0, 0.05) is 11.3 Å². The molecule has 0 aromatic heterocycles. The van der Waals surface area contributed by atoms with Gasteiger partial charge in [0.25, 0.3) is 5.91 Å². The normalized spacial score (nSPS) is 10.5. The van der Waals surface area contributed by atoms with Gasteiger partial charge in [0.05, 0.1) is 7.11 Å². The number of fused-ring (bicyclic) bond motifs is 1. The van der Waals surface area contributed by atoms with Crippen LogP contribution >= 0.6 is 0 Å². The van der Waals surface area contributed by atoms with E-state index in [9.17, 15) is 4.79 Å². The van der Waals surface area contributed by atoms with Crippen LogP contribution in [-0.2, 0) is 6.61 Å². The van der Waals surface area contributed by atoms with Gasteiger partial charge in [-0.3, -0.25) is 4.79 Å². The minimum absolute atomic E-state index is 0.201. The molecule has 4 rings (SSSR count). The second-order valence-electron chi connectivity index (χ2n) is 6.66. The van der Waals surface area contributed by atoms with Gasteiger partial charge in [0.15, 0.2) is 11.5 Å². The highest BCUT2D eigenvalue weighted by molar-refractivity contribution is 6.05. The predicted molar refractivity (Wildman–Crippen MR) is 116 cm³/mol. The quantitative estimate of drug-likeness (QED) is 0.466. The fraction of sp³-hybridized carbons (Fsp3) is 0.0800. The Labute approximate surface area is 169 Å². The Morgan fingerprint density at radius 2 is 1.55 bits per heavy atom. The highest BCUT2D eigenvalue weighted by Crippen LogP contribution is 2.29. The maximum absolute atomic E-state index is 12.7. The van der Waals surface area contributed by atoms with E-state index in [1.807, 2.05) is 72.8 Å². The molecule has 0 unspecified atom stereocenters. The highest BCUT2D eigenvalue weighted by atomic mass is 16.5. The van der Waals surface area contributed by atoms with Gasteiger partial charge in [-0.2, -0.15) is 0 Å². The van der Waals surface area contributed by atoms with Gasteiger partial charge in [-0.25, -0.2) is 0 Å². The van der Waals surface area contributed by atoms with Crippen molar-refractivity contribution < 1.29 is 14.3 Å². The standard InChI is InChI=1S/C25H21NO3/c1-28-24-16-21(12-14-23(24)29-17-18-7-3-2-4-8-18)25(27)26-22-13-11-19-9-5-6-10-20(19)15-22/h2-16H,17H2,1H3,(H,26,27). The molecule has 1 N–H and O–H groups in total. The summed E-state index contributed by atoms with van der Waals surface area (Å²) in [5, 5.41) is 5.15. The van der Waals surface area contributed by atoms with Crippen molar-refractivity contribution in [1.82, 2.24) is 0 Å². The molecule has 0 aliphatic rings. The van der Waals surface area contributed by atoms with Crippen molar-refractivity contribution in [2.75, 3.05) is 12.4 Å². The van der Waals surface area contributed by atoms with E-state index >= 15 is 0 Å². The maximum Gasteiger partial charge on any atom is 0.255 e. The van der Waals surface area contributed by atoms with Gasteiger partial charge in [-0.1, -0.05) is 60.7 Å². The molecule has 144 valence electrons. The molecule has 4 heteroatoms. The van der Waals surface area contributed by atoms with Crippen LogP contribution in [0, 0.1) is 0 Å². The third-order valence-corrected chi connectivity index (χ3v) is 4.67. The lowest BCUT2D eigenvalue weighted by Crippen LogP contribution is -2.12. The van der Waals surface area contributed by atoms with Crippen LogP contribution < -0.4 is 14.8 Å². The van der Waals surface area contributed by atoms with Crippen LogP contribution in [0.4, 0.5) is 5.69 Å². The summed E-state index contributed by atoms with van der Waals surface area (Å²) >= 11 is 0. The van der Waals surface area contributed by atoms with Gasteiger partial charge < -0.3 is 14.8 Å². The van der Waals surface area contributed by atoms with E-state index < -0.39 is 0 Å². The number of carbonyl (C=O) groups is 1. The van der Waals surface area contributed by atoms with Crippen molar-refractivity contribution in [3.8, 4) is 11.5 Å². The van der Waals surface area contributed by atoms with Crippen LogP contribution in [0.1, 0.15) is 15.9 Å². The van der Waals surface area contributed by atoms with Crippen molar-refractivity contribution in [3.63, 3.8) is 0 Å². The lowest BCUT2D eigenvalue weighted by molar-refractivity contribution is 0.102. The number of carbonyl (C=O) groups excluding carboxylic acids is 1. The molecule has 1 amide bonds. The molecular formula is C25H21NO3. The summed E-state index contributed by atoms with van der Waals surface area (Å²) in [6.45, 7) is 0.430. The smallest absolute Gasteiger partial charge is 0.255 e. The van der Waals surface area contributed by atoms with E-state index in [4.69, 9.17) is 9.47 Å². The first kappa shape index (κ1) is 18.6. The Morgan fingerprint density at radius 3 is 2.34 bits per heavy atom. The summed E-state index contributed by atoms with van der Waals surface area (Å²) in [6.07, 6.45) is 0. The molecule has 4 aromatic carbocycles. The van der Waals surface area contributed by atoms with Crippen molar-refractivity contribution in [3.05, 3.63) is 102 Å². The molecule has 0 aliphatic carbocycles. The second-order valence-corrected chi connectivity index (χ2v) is 6.66. The Bertz CT molecular complexity index is 1140. The molecule has 0 saturated carbocycles. The predicted octanol–water partition coefficient (Wildman–Crippen LogP) is 5.68. The first-order valence-corrected chi connectivity index (χ1v) is 9.38. The summed E-state index contributed by atoms with van der Waals surface area (Å²) in [5.74, 6) is 0.916. The van der Waals surface area contributed by atoms with Crippen molar-refractivity contribution >= 4 is 22.4 Å². The minimum atomic E-state index is -0.201. The molecule has 4 nitrogen and oxygen atoms in total. The molecule has 0 bridgehead atoms. The Kier molecular flexibility index (Phi) is 5.43. The molecule has 29 heavy (non-hydrogen) atoms. The van der Waals surface area contributed by atoms with E-state index in [1.165, 1.54) is 0 Å². The monoisotopic (exact) mass is 383 g/mol. The van der Waals surface area contributed by atoms with E-state index in [-0.39, 0.29) is 5.91 Å². The van der Waals surface area contributed by atoms with Crippen molar-refractivity contribution in [2.24, 2.45) is 0 Å². The topological polar surface area (TPSA) is 47.6 Å². The lowest BCUT2D eigenvalue weighted by Gasteiger charge is -2.13. The van der Waals surface area contributed by atoms with Crippen LogP contribution in [0.25, 0.3) is 10.8 Å². The maximum atomic E-state index is 12.7. The SMILES string of the molecule is COc1cc(C(=O)Nc2ccc3ccccc3c2)ccc1OCc1ccccc1. The van der Waals surface area contributed by atoms with Gasteiger partial charge >= 0.3 is 0 Å². The van der Waals surface area contributed by atoms with Gasteiger partial charge in [-0.05, 0) is 46.7 Å². The third-order valence-electron chi connectivity index (χ3n) is 4.67. The van der Waals surface area contributed by atoms with Gasteiger partial charge in [0.2, 0.25) is 0 Å². The first-order chi connectivity index (χ1) is 14.2. The van der Waals surface area contributed by atoms with E-state index in [0.29, 0.717) is 23.7 Å². The summed E-state index contributed by atoms with van der Waals surface area (Å²) in [7, 11) is 1.57. The van der Waals surface area contributed by atoms with Crippen LogP contribution in [-0.4, -0.2) is 13.0 Å². The van der Waals surface area contributed by atoms with Crippen LogP contribution in [0.3, 0.4) is 0 Å². The zero-order valence-electron chi connectivity index (χ0n) is 16.1. The number of rotatable bonds is 6. The minimum Gasteiger partial charge on any atom is -0.493 e. The second kappa shape index (κ2) is 8.48. The van der Waals surface area contributed by atoms with Crippen LogP contribution in [0.5, 0.6) is 11.5 Å². The first-order valence-electron chi connectivity index (χ1n) is 9.38. The molecule has 0 spiro atoms. The molecular weight excluding hydrogens is 362 g/mol. The molecule has 0 fully saturated rings. The molecule has 4 aromatic rings. The Hall–Kier alpha value is -3.79. The summed E-state index contributed by atoms with van der Waals surface area (Å²) < 4.78 is 11.3. The summed E-state index contributed by atoms with van der Waals surface area (Å²) in [6, 6.07) is 29.0. The Morgan fingerprint density at radius 1 is 0.793 bits per heavy atom. The average Bonchev–Trinajstić information content (AvgIpc) is 2.78. The van der Waals surface area contributed by atoms with Gasteiger partial charge in [0.1, 0.15) is 6.61 Å². The molecule has 0 saturated heterocycles. The number of amides is 1. The molecule has 0 atom stereocenters. The number of ether oxygens (including phenoxy) is 2. The zero-order chi connectivity index (χ0) is 20.1. The fourth-order valence-electron chi connectivity index (χ4n) is 3.13. The summed E-state index contributed by atoms with van der Waals surface area (Å²) in [4.78, 5) is 12.7. The van der Waals surface area contributed by atoms with E-state index in [0.717, 1.165) is 22.0 Å². The van der Waals surface area contributed by atoms with Crippen molar-refractivity contribution in [2.45, 2.75) is 6.61 Å². The zero-order valence-corrected chi connectivity index (χ0v) is 16.1. The van der Waals surface area contributed by atoms with E-state index in [2.05, 4.69) is 5.32 Å². The fourth-order valence-corrected chi connectivity index (χ4v) is 3.13. The highest BCUT2D eigenvalue weighted by Gasteiger charge is 2.12. The number of methoxy groups -OCH3 is 1. The third kappa shape index (κ3) is 4.38. The number of hydrogen-bond acceptors (Lipinski definition) is 3.